The van der Waals surface area contributed by atoms with Crippen molar-refractivity contribution in [3.05, 3.63) is 76.1 Å². The Labute approximate surface area is 211 Å². The Morgan fingerprint density at radius 2 is 1.81 bits per heavy atom. The zero-order valence-electron chi connectivity index (χ0n) is 21.4. The van der Waals surface area contributed by atoms with E-state index in [2.05, 4.69) is 5.32 Å². The molecule has 0 saturated heterocycles. The first kappa shape index (κ1) is 25.4. The summed E-state index contributed by atoms with van der Waals surface area (Å²) in [6.45, 7) is 6.06. The molecular weight excluding hydrogens is 458 g/mol. The van der Waals surface area contributed by atoms with Gasteiger partial charge in [-0.15, -0.1) is 0 Å². The highest BCUT2D eigenvalue weighted by atomic mass is 16.5. The zero-order chi connectivity index (χ0) is 26.0. The van der Waals surface area contributed by atoms with E-state index in [1.807, 2.05) is 45.0 Å². The van der Waals surface area contributed by atoms with Crippen LogP contribution in [-0.4, -0.2) is 37.7 Å². The van der Waals surface area contributed by atoms with Crippen LogP contribution in [0.4, 0.5) is 0 Å². The number of esters is 1. The van der Waals surface area contributed by atoms with Crippen molar-refractivity contribution in [1.82, 2.24) is 5.32 Å². The van der Waals surface area contributed by atoms with Crippen LogP contribution >= 0.6 is 0 Å². The maximum absolute atomic E-state index is 13.7. The smallest absolute Gasteiger partial charge is 0.336 e. The van der Waals surface area contributed by atoms with Crippen molar-refractivity contribution in [3.63, 3.8) is 0 Å². The number of benzene rings is 2. The van der Waals surface area contributed by atoms with E-state index in [4.69, 9.17) is 14.2 Å². The molecule has 2 aromatic carbocycles. The number of ether oxygens (including phenoxy) is 3. The number of nitrogens with one attached hydrogen (secondary N) is 1. The predicted molar refractivity (Wildman–Crippen MR) is 136 cm³/mol. The third kappa shape index (κ3) is 4.96. The van der Waals surface area contributed by atoms with E-state index in [0.29, 0.717) is 46.7 Å². The predicted octanol–water partition coefficient (Wildman–Crippen LogP) is 4.97. The van der Waals surface area contributed by atoms with Gasteiger partial charge in [-0.2, -0.15) is 0 Å². The average molecular weight is 492 g/mol. The molecule has 2 atom stereocenters. The zero-order valence-corrected chi connectivity index (χ0v) is 21.4. The number of aromatic hydroxyl groups is 1. The fourth-order valence-corrected chi connectivity index (χ4v) is 5.01. The van der Waals surface area contributed by atoms with E-state index >= 15 is 0 Å². The third-order valence-corrected chi connectivity index (χ3v) is 6.68. The van der Waals surface area contributed by atoms with Gasteiger partial charge in [0.05, 0.1) is 26.4 Å². The van der Waals surface area contributed by atoms with Gasteiger partial charge in [-0.05, 0) is 60.6 Å². The molecule has 0 spiro atoms. The monoisotopic (exact) mass is 491 g/mol. The molecule has 1 aliphatic carbocycles. The summed E-state index contributed by atoms with van der Waals surface area (Å²) in [5, 5.41) is 13.5. The molecular formula is C29H33NO6. The second-order valence-corrected chi connectivity index (χ2v) is 9.72. The summed E-state index contributed by atoms with van der Waals surface area (Å²) in [6.07, 6.45) is 0.885. The van der Waals surface area contributed by atoms with E-state index < -0.39 is 11.9 Å². The highest BCUT2D eigenvalue weighted by Gasteiger charge is 2.41. The van der Waals surface area contributed by atoms with Crippen LogP contribution in [0.2, 0.25) is 0 Å². The molecule has 7 heteroatoms. The molecule has 0 radical (unpaired) electrons. The number of hydrogen-bond acceptors (Lipinski definition) is 7. The Balaban J connectivity index is 1.75. The number of ketones is 1. The van der Waals surface area contributed by atoms with Crippen molar-refractivity contribution in [3.8, 4) is 17.2 Å². The van der Waals surface area contributed by atoms with Crippen LogP contribution in [0.25, 0.3) is 0 Å². The lowest BCUT2D eigenvalue weighted by molar-refractivity contribution is -0.140. The molecule has 1 aliphatic heterocycles. The molecule has 190 valence electrons. The van der Waals surface area contributed by atoms with Crippen molar-refractivity contribution in [2.45, 2.75) is 45.4 Å². The topological polar surface area (TPSA) is 94.1 Å². The van der Waals surface area contributed by atoms with Crippen LogP contribution in [0.1, 0.15) is 56.6 Å². The molecule has 2 N–H and O–H groups in total. The second kappa shape index (κ2) is 10.5. The first-order chi connectivity index (χ1) is 17.2. The number of carbonyl (C=O) groups excluding carboxylic acids is 2. The largest absolute Gasteiger partial charge is 0.508 e. The van der Waals surface area contributed by atoms with Crippen molar-refractivity contribution in [2.75, 3.05) is 20.8 Å². The van der Waals surface area contributed by atoms with Gasteiger partial charge in [0.1, 0.15) is 5.75 Å². The van der Waals surface area contributed by atoms with Crippen LogP contribution in [0.15, 0.2) is 65.0 Å². The van der Waals surface area contributed by atoms with Gasteiger partial charge in [-0.3, -0.25) is 4.79 Å². The third-order valence-electron chi connectivity index (χ3n) is 6.68. The minimum atomic E-state index is -0.619. The SMILES string of the molecule is COc1ccc([C@@H]2CC(=O)C3=C(C2)NC(C)=C(C(=O)OCC(C)C)[C@@H]3c2cccc(O)c2)cc1OC. The fraction of sp³-hybridized carbons (Fsp3) is 0.379. The quantitative estimate of drug-likeness (QED) is 0.528. The van der Waals surface area contributed by atoms with Gasteiger partial charge in [0.2, 0.25) is 0 Å². The Morgan fingerprint density at radius 3 is 2.47 bits per heavy atom. The molecule has 0 aromatic heterocycles. The summed E-state index contributed by atoms with van der Waals surface area (Å²) < 4.78 is 16.4. The lowest BCUT2D eigenvalue weighted by atomic mass is 9.71. The number of rotatable bonds is 7. The lowest BCUT2D eigenvalue weighted by Gasteiger charge is -2.37. The van der Waals surface area contributed by atoms with Crippen LogP contribution in [0, 0.1) is 5.92 Å². The maximum atomic E-state index is 13.7. The minimum absolute atomic E-state index is 0.0430. The summed E-state index contributed by atoms with van der Waals surface area (Å²) in [5.74, 6) is 0.324. The van der Waals surface area contributed by atoms with Crippen molar-refractivity contribution < 1.29 is 28.9 Å². The Bertz CT molecular complexity index is 1240. The number of phenolic OH excluding ortho intramolecular Hbond substituents is 1. The highest BCUT2D eigenvalue weighted by molar-refractivity contribution is 6.04. The fourth-order valence-electron chi connectivity index (χ4n) is 5.01. The Morgan fingerprint density at radius 1 is 1.06 bits per heavy atom. The van der Waals surface area contributed by atoms with Crippen LogP contribution < -0.4 is 14.8 Å². The molecule has 0 bridgehead atoms. The lowest BCUT2D eigenvalue weighted by Crippen LogP contribution is -2.36. The van der Waals surface area contributed by atoms with Gasteiger partial charge in [0, 0.05) is 29.3 Å². The van der Waals surface area contributed by atoms with Crippen molar-refractivity contribution >= 4 is 11.8 Å². The number of carbonyl (C=O) groups is 2. The van der Waals surface area contributed by atoms with Crippen molar-refractivity contribution in [2.24, 2.45) is 5.92 Å². The van der Waals surface area contributed by atoms with Gasteiger partial charge in [-0.1, -0.05) is 32.0 Å². The summed E-state index contributed by atoms with van der Waals surface area (Å²) in [4.78, 5) is 26.9. The number of dihydropyridines is 1. The Hall–Kier alpha value is -3.74. The molecule has 1 heterocycles. The molecule has 0 fully saturated rings. The molecule has 4 rings (SSSR count). The van der Waals surface area contributed by atoms with Gasteiger partial charge < -0.3 is 24.6 Å². The number of allylic oxidation sites excluding steroid dienone is 3. The summed E-state index contributed by atoms with van der Waals surface area (Å²) in [6, 6.07) is 12.4. The molecule has 0 amide bonds. The van der Waals surface area contributed by atoms with E-state index in [1.165, 1.54) is 0 Å². The van der Waals surface area contributed by atoms with Gasteiger partial charge >= 0.3 is 5.97 Å². The minimum Gasteiger partial charge on any atom is -0.508 e. The number of methoxy groups -OCH3 is 2. The molecule has 0 saturated carbocycles. The normalized spacial score (nSPS) is 19.7. The van der Waals surface area contributed by atoms with E-state index in [9.17, 15) is 14.7 Å². The first-order valence-corrected chi connectivity index (χ1v) is 12.2. The second-order valence-electron chi connectivity index (χ2n) is 9.72. The summed E-state index contributed by atoms with van der Waals surface area (Å²) in [7, 11) is 3.18. The summed E-state index contributed by atoms with van der Waals surface area (Å²) in [5.41, 5.74) is 4.05. The van der Waals surface area contributed by atoms with Gasteiger partial charge in [0.15, 0.2) is 17.3 Å². The molecule has 36 heavy (non-hydrogen) atoms. The number of Topliss-reactive ketones (excluding diaryl/α,β-unsaturated/α-hetero) is 1. The van der Waals surface area contributed by atoms with Crippen LogP contribution in [0.3, 0.4) is 0 Å². The molecule has 7 nitrogen and oxygen atoms in total. The van der Waals surface area contributed by atoms with Crippen molar-refractivity contribution in [1.29, 1.82) is 0 Å². The van der Waals surface area contributed by atoms with E-state index in [-0.39, 0.29) is 30.0 Å². The summed E-state index contributed by atoms with van der Waals surface area (Å²) >= 11 is 0. The molecule has 2 aromatic rings. The standard InChI is InChI=1S/C29H33NO6/c1-16(2)15-36-29(33)26-17(3)30-22-12-20(18-9-10-24(34-4)25(14-18)35-5)13-23(32)28(22)27(26)19-7-6-8-21(31)11-19/h6-11,14,16,20,27,30-31H,12-13,15H2,1-5H3/t20-,27-/m0/s1. The molecule has 2 aliphatic rings. The van der Waals surface area contributed by atoms with Crippen LogP contribution in [-0.2, 0) is 14.3 Å². The maximum Gasteiger partial charge on any atom is 0.336 e. The van der Waals surface area contributed by atoms with Gasteiger partial charge in [0.25, 0.3) is 0 Å². The average Bonchev–Trinajstić information content (AvgIpc) is 2.85. The number of phenols is 1. The Kier molecular flexibility index (Phi) is 7.38. The number of hydrogen-bond donors (Lipinski definition) is 2. The highest BCUT2D eigenvalue weighted by Crippen LogP contribution is 2.46. The van der Waals surface area contributed by atoms with E-state index in [0.717, 1.165) is 11.3 Å². The van der Waals surface area contributed by atoms with Crippen LogP contribution in [0.5, 0.6) is 17.2 Å². The van der Waals surface area contributed by atoms with E-state index in [1.54, 1.807) is 32.4 Å². The van der Waals surface area contributed by atoms with Gasteiger partial charge in [-0.25, -0.2) is 4.79 Å². The first-order valence-electron chi connectivity index (χ1n) is 12.2. The molecule has 0 unspecified atom stereocenters.